The van der Waals surface area contributed by atoms with E-state index in [-0.39, 0.29) is 6.10 Å². The lowest BCUT2D eigenvalue weighted by Gasteiger charge is -2.11. The minimum Gasteiger partial charge on any atom is -0.460 e. The molecule has 0 fully saturated rings. The summed E-state index contributed by atoms with van der Waals surface area (Å²) in [5.41, 5.74) is 2.36. The second-order valence-corrected chi connectivity index (χ2v) is 4.21. The topological polar surface area (TPSA) is 26.3 Å². The largest absolute Gasteiger partial charge is 0.460 e. The SMILES string of the molecule is CC(C)Cc1ccc(C(C)OC=O)cc1. The van der Waals surface area contributed by atoms with E-state index < -0.39 is 0 Å². The van der Waals surface area contributed by atoms with Crippen LogP contribution in [0.3, 0.4) is 0 Å². The summed E-state index contributed by atoms with van der Waals surface area (Å²) in [5.74, 6) is 0.666. The first-order valence-corrected chi connectivity index (χ1v) is 5.31. The third-order valence-corrected chi connectivity index (χ3v) is 2.35. The van der Waals surface area contributed by atoms with Crippen molar-refractivity contribution in [3.8, 4) is 0 Å². The van der Waals surface area contributed by atoms with Gasteiger partial charge in [0.15, 0.2) is 0 Å². The van der Waals surface area contributed by atoms with E-state index in [0.29, 0.717) is 12.4 Å². The van der Waals surface area contributed by atoms with Crippen LogP contribution in [-0.2, 0) is 16.0 Å². The molecule has 1 rings (SSSR count). The van der Waals surface area contributed by atoms with Crippen LogP contribution in [0, 0.1) is 5.92 Å². The molecule has 0 aliphatic heterocycles. The number of hydrogen-bond acceptors (Lipinski definition) is 2. The van der Waals surface area contributed by atoms with Gasteiger partial charge in [-0.25, -0.2) is 0 Å². The molecule has 0 spiro atoms. The van der Waals surface area contributed by atoms with Gasteiger partial charge in [0.2, 0.25) is 0 Å². The molecule has 0 N–H and O–H groups in total. The van der Waals surface area contributed by atoms with Gasteiger partial charge in [0, 0.05) is 0 Å². The highest BCUT2D eigenvalue weighted by Crippen LogP contribution is 2.17. The normalized spacial score (nSPS) is 12.5. The summed E-state index contributed by atoms with van der Waals surface area (Å²) in [4.78, 5) is 10.2. The summed E-state index contributed by atoms with van der Waals surface area (Å²) in [7, 11) is 0. The van der Waals surface area contributed by atoms with Crippen LogP contribution in [0.25, 0.3) is 0 Å². The average molecular weight is 206 g/mol. The molecule has 1 aromatic rings. The Morgan fingerprint density at radius 2 is 1.80 bits per heavy atom. The molecule has 1 aromatic carbocycles. The van der Waals surface area contributed by atoms with Crippen molar-refractivity contribution in [2.45, 2.75) is 33.3 Å². The molecule has 0 aliphatic carbocycles. The summed E-state index contributed by atoms with van der Waals surface area (Å²) in [6.45, 7) is 6.76. The Morgan fingerprint density at radius 3 is 2.27 bits per heavy atom. The monoisotopic (exact) mass is 206 g/mol. The molecule has 82 valence electrons. The van der Waals surface area contributed by atoms with E-state index in [4.69, 9.17) is 4.74 Å². The summed E-state index contributed by atoms with van der Waals surface area (Å²) >= 11 is 0. The number of rotatable bonds is 5. The van der Waals surface area contributed by atoms with Gasteiger partial charge in [-0.1, -0.05) is 38.1 Å². The zero-order valence-corrected chi connectivity index (χ0v) is 9.57. The first-order chi connectivity index (χ1) is 7.13. The fourth-order valence-electron chi connectivity index (χ4n) is 1.56. The third kappa shape index (κ3) is 3.74. The van der Waals surface area contributed by atoms with E-state index in [1.807, 2.05) is 19.1 Å². The second kappa shape index (κ2) is 5.54. The Morgan fingerprint density at radius 1 is 1.20 bits per heavy atom. The molecular weight excluding hydrogens is 188 g/mol. The molecule has 0 aromatic heterocycles. The van der Waals surface area contributed by atoms with Crippen molar-refractivity contribution in [3.63, 3.8) is 0 Å². The first-order valence-electron chi connectivity index (χ1n) is 5.31. The zero-order chi connectivity index (χ0) is 11.3. The smallest absolute Gasteiger partial charge is 0.293 e. The van der Waals surface area contributed by atoms with Gasteiger partial charge in [-0.05, 0) is 30.4 Å². The number of benzene rings is 1. The number of hydrogen-bond donors (Lipinski definition) is 0. The van der Waals surface area contributed by atoms with E-state index in [0.717, 1.165) is 12.0 Å². The van der Waals surface area contributed by atoms with Crippen molar-refractivity contribution in [1.29, 1.82) is 0 Å². The molecular formula is C13H18O2. The maximum Gasteiger partial charge on any atom is 0.293 e. The van der Waals surface area contributed by atoms with Gasteiger partial charge < -0.3 is 4.74 Å². The number of carbonyl (C=O) groups excluding carboxylic acids is 1. The predicted octanol–water partition coefficient (Wildman–Crippen LogP) is 3.12. The van der Waals surface area contributed by atoms with Crippen molar-refractivity contribution in [2.75, 3.05) is 0 Å². The van der Waals surface area contributed by atoms with Crippen molar-refractivity contribution < 1.29 is 9.53 Å². The Kier molecular flexibility index (Phi) is 4.35. The molecule has 2 heteroatoms. The van der Waals surface area contributed by atoms with Crippen molar-refractivity contribution in [3.05, 3.63) is 35.4 Å². The van der Waals surface area contributed by atoms with Crippen molar-refractivity contribution >= 4 is 6.47 Å². The van der Waals surface area contributed by atoms with Crippen molar-refractivity contribution in [1.82, 2.24) is 0 Å². The third-order valence-electron chi connectivity index (χ3n) is 2.35. The van der Waals surface area contributed by atoms with E-state index in [2.05, 4.69) is 26.0 Å². The number of carbonyl (C=O) groups is 1. The van der Waals surface area contributed by atoms with Crippen LogP contribution in [0.1, 0.15) is 38.0 Å². The van der Waals surface area contributed by atoms with Crippen LogP contribution in [0.15, 0.2) is 24.3 Å². The highest BCUT2D eigenvalue weighted by molar-refractivity contribution is 5.38. The fraction of sp³-hybridized carbons (Fsp3) is 0.462. The van der Waals surface area contributed by atoms with Gasteiger partial charge in [-0.2, -0.15) is 0 Å². The first kappa shape index (κ1) is 11.8. The summed E-state index contributed by atoms with van der Waals surface area (Å²) in [5, 5.41) is 0. The van der Waals surface area contributed by atoms with Crippen LogP contribution < -0.4 is 0 Å². The molecule has 0 amide bonds. The molecule has 15 heavy (non-hydrogen) atoms. The lowest BCUT2D eigenvalue weighted by molar-refractivity contribution is -0.133. The Labute approximate surface area is 91.3 Å². The minimum absolute atomic E-state index is 0.157. The maximum absolute atomic E-state index is 10.2. The van der Waals surface area contributed by atoms with Gasteiger partial charge >= 0.3 is 0 Å². The molecule has 0 radical (unpaired) electrons. The van der Waals surface area contributed by atoms with E-state index in [1.54, 1.807) is 0 Å². The van der Waals surface area contributed by atoms with Gasteiger partial charge in [0.05, 0.1) is 0 Å². The standard InChI is InChI=1S/C13H18O2/c1-10(2)8-12-4-6-13(7-5-12)11(3)15-9-14/h4-7,9-11H,8H2,1-3H3. The van der Waals surface area contributed by atoms with Gasteiger partial charge in [0.25, 0.3) is 6.47 Å². The van der Waals surface area contributed by atoms with Crippen LogP contribution in [0.4, 0.5) is 0 Å². The molecule has 0 aliphatic rings. The summed E-state index contributed by atoms with van der Waals surface area (Å²) in [6.07, 6.45) is 0.930. The van der Waals surface area contributed by atoms with Crippen LogP contribution in [-0.4, -0.2) is 6.47 Å². The van der Waals surface area contributed by atoms with Crippen molar-refractivity contribution in [2.24, 2.45) is 5.92 Å². The molecule has 0 saturated carbocycles. The second-order valence-electron chi connectivity index (χ2n) is 4.21. The van der Waals surface area contributed by atoms with E-state index >= 15 is 0 Å². The van der Waals surface area contributed by atoms with E-state index in [9.17, 15) is 4.79 Å². The highest BCUT2D eigenvalue weighted by Gasteiger charge is 2.05. The van der Waals surface area contributed by atoms with Crippen LogP contribution in [0.2, 0.25) is 0 Å². The van der Waals surface area contributed by atoms with Crippen LogP contribution in [0.5, 0.6) is 0 Å². The summed E-state index contributed by atoms with van der Waals surface area (Å²) in [6, 6.07) is 8.23. The van der Waals surface area contributed by atoms with Gasteiger partial charge in [-0.15, -0.1) is 0 Å². The quantitative estimate of drug-likeness (QED) is 0.692. The zero-order valence-electron chi connectivity index (χ0n) is 9.57. The molecule has 0 heterocycles. The van der Waals surface area contributed by atoms with Gasteiger partial charge in [0.1, 0.15) is 6.10 Å². The Hall–Kier alpha value is -1.31. The Bertz CT molecular complexity index is 301. The predicted molar refractivity (Wildman–Crippen MR) is 60.5 cm³/mol. The molecule has 0 saturated heterocycles. The molecule has 1 unspecified atom stereocenters. The average Bonchev–Trinajstić information content (AvgIpc) is 2.18. The molecule has 0 bridgehead atoms. The molecule has 1 atom stereocenters. The fourth-order valence-corrected chi connectivity index (χ4v) is 1.56. The summed E-state index contributed by atoms with van der Waals surface area (Å²) < 4.78 is 4.87. The van der Waals surface area contributed by atoms with E-state index in [1.165, 1.54) is 5.56 Å². The van der Waals surface area contributed by atoms with Gasteiger partial charge in [-0.3, -0.25) is 4.79 Å². The highest BCUT2D eigenvalue weighted by atomic mass is 16.5. The number of ether oxygens (including phenoxy) is 1. The lowest BCUT2D eigenvalue weighted by atomic mass is 10.0. The van der Waals surface area contributed by atoms with Crippen LogP contribution >= 0.6 is 0 Å². The Balaban J connectivity index is 2.67. The maximum atomic E-state index is 10.2. The molecule has 2 nitrogen and oxygen atoms in total. The lowest BCUT2D eigenvalue weighted by Crippen LogP contribution is -1.99. The minimum atomic E-state index is -0.157.